The summed E-state index contributed by atoms with van der Waals surface area (Å²) in [5, 5.41) is 5.61. The zero-order chi connectivity index (χ0) is 14.8. The van der Waals surface area contributed by atoms with Crippen LogP contribution in [-0.4, -0.2) is 27.2 Å². The van der Waals surface area contributed by atoms with E-state index in [0.717, 1.165) is 0 Å². The predicted octanol–water partition coefficient (Wildman–Crippen LogP) is 6.57. The molecule has 0 saturated heterocycles. The van der Waals surface area contributed by atoms with Gasteiger partial charge in [0.05, 0.1) is 0 Å². The van der Waals surface area contributed by atoms with Gasteiger partial charge in [0, 0.05) is 0 Å². The zero-order valence-electron chi connectivity index (χ0n) is 14.5. The van der Waals surface area contributed by atoms with Crippen LogP contribution >= 0.6 is 0 Å². The summed E-state index contributed by atoms with van der Waals surface area (Å²) in [4.78, 5) is 0. The Kier molecular flexibility index (Phi) is 11.3. The van der Waals surface area contributed by atoms with Crippen LogP contribution in [-0.2, 0) is 2.79 Å². The Bertz CT molecular complexity index is 205. The Balaban J connectivity index is 4.53. The van der Waals surface area contributed by atoms with Crippen molar-refractivity contribution in [3.8, 4) is 0 Å². The molecule has 0 saturated carbocycles. The van der Waals surface area contributed by atoms with Crippen molar-refractivity contribution in [3.63, 3.8) is 0 Å². The third-order valence-corrected chi connectivity index (χ3v) is 29.6. The van der Waals surface area contributed by atoms with Crippen molar-refractivity contribution in [2.45, 2.75) is 98.7 Å². The van der Waals surface area contributed by atoms with Crippen molar-refractivity contribution in [2.24, 2.45) is 0 Å². The maximum absolute atomic E-state index is 6.99. The van der Waals surface area contributed by atoms with Gasteiger partial charge in [0.1, 0.15) is 0 Å². The second kappa shape index (κ2) is 10.7. The van der Waals surface area contributed by atoms with Gasteiger partial charge in [-0.05, 0) is 0 Å². The average molecular weight is 392 g/mol. The van der Waals surface area contributed by atoms with E-state index in [1.165, 1.54) is 59.5 Å². The molecule has 0 amide bonds. The summed E-state index contributed by atoms with van der Waals surface area (Å²) in [6.07, 6.45) is 8.33. The van der Waals surface area contributed by atoms with E-state index in [1.807, 2.05) is 0 Å². The Hall–Kier alpha value is 1.05. The first-order valence-corrected chi connectivity index (χ1v) is 20.5. The summed E-state index contributed by atoms with van der Waals surface area (Å²) in [6.45, 7) is 9.35. The van der Waals surface area contributed by atoms with E-state index in [2.05, 4.69) is 39.2 Å². The molecule has 19 heavy (non-hydrogen) atoms. The summed E-state index contributed by atoms with van der Waals surface area (Å²) >= 11 is -3.87. The molecule has 0 spiro atoms. The van der Waals surface area contributed by atoms with Crippen LogP contribution in [0.2, 0.25) is 32.5 Å². The quantitative estimate of drug-likeness (QED) is 0.270. The molecule has 0 rings (SSSR count). The van der Waals surface area contributed by atoms with E-state index < -0.39 is 27.2 Å². The summed E-state index contributed by atoms with van der Waals surface area (Å²) in [5.74, 6) is 5.10. The van der Waals surface area contributed by atoms with Crippen molar-refractivity contribution in [3.05, 3.63) is 0 Å². The summed E-state index contributed by atoms with van der Waals surface area (Å²) < 4.78 is 6.99. The van der Waals surface area contributed by atoms with Gasteiger partial charge in [-0.25, -0.2) is 0 Å². The molecule has 116 valence electrons. The summed E-state index contributed by atoms with van der Waals surface area (Å²) in [6, 6.07) is 0. The van der Waals surface area contributed by atoms with Gasteiger partial charge in [0.15, 0.2) is 0 Å². The molecule has 0 bridgehead atoms. The second-order valence-corrected chi connectivity index (χ2v) is 26.5. The maximum atomic E-state index is 6.99. The van der Waals surface area contributed by atoms with Crippen molar-refractivity contribution in [2.75, 3.05) is 0 Å². The molecule has 1 nitrogen and oxygen atoms in total. The van der Waals surface area contributed by atoms with E-state index >= 15 is 0 Å². The van der Waals surface area contributed by atoms with E-state index in [4.69, 9.17) is 2.79 Å². The van der Waals surface area contributed by atoms with Crippen molar-refractivity contribution in [1.82, 2.24) is 0 Å². The van der Waals surface area contributed by atoms with Crippen LogP contribution < -0.4 is 0 Å². The van der Waals surface area contributed by atoms with Gasteiger partial charge in [-0.1, -0.05) is 0 Å². The molecule has 0 aromatic carbocycles. The van der Waals surface area contributed by atoms with Crippen molar-refractivity contribution >= 4 is 27.2 Å². The van der Waals surface area contributed by atoms with Crippen LogP contribution in [0.25, 0.3) is 0 Å². The Morgan fingerprint density at radius 2 is 1.05 bits per heavy atom. The van der Waals surface area contributed by atoms with Crippen molar-refractivity contribution < 1.29 is 2.79 Å². The van der Waals surface area contributed by atoms with Crippen LogP contribution in [0.1, 0.15) is 66.2 Å². The average Bonchev–Trinajstić information content (AvgIpc) is 2.39. The fourth-order valence-corrected chi connectivity index (χ4v) is 30.3. The van der Waals surface area contributed by atoms with Crippen LogP contribution in [0.5, 0.6) is 0 Å². The number of unbranched alkanes of at least 4 members (excludes halogenated alkanes) is 4. The molecule has 0 radical (unpaired) electrons. The minimum atomic E-state index is -1.97. The molecule has 0 heterocycles. The molecular weight excluding hydrogens is 353 g/mol. The molecule has 0 aliphatic rings. The third kappa shape index (κ3) is 8.82. The Labute approximate surface area is 128 Å². The van der Waals surface area contributed by atoms with Gasteiger partial charge in [-0.15, -0.1) is 0 Å². The van der Waals surface area contributed by atoms with Gasteiger partial charge in [0.2, 0.25) is 0 Å². The van der Waals surface area contributed by atoms with E-state index in [1.54, 1.807) is 0 Å². The molecule has 0 atom stereocenters. The van der Waals surface area contributed by atoms with E-state index in [-0.39, 0.29) is 0 Å². The Morgan fingerprint density at radius 3 is 1.37 bits per heavy atom. The van der Waals surface area contributed by atoms with Crippen molar-refractivity contribution in [1.29, 1.82) is 0 Å². The van der Waals surface area contributed by atoms with Crippen LogP contribution in [0.15, 0.2) is 0 Å². The first kappa shape index (κ1) is 20.0. The molecule has 0 aliphatic carbocycles. The zero-order valence-corrected chi connectivity index (χ0v) is 18.7. The van der Waals surface area contributed by atoms with Gasteiger partial charge < -0.3 is 0 Å². The monoisotopic (exact) mass is 394 g/mol. The summed E-state index contributed by atoms with van der Waals surface area (Å²) in [5.41, 5.74) is 0. The molecule has 0 aromatic heterocycles. The standard InChI is InChI=1S/C16H38Ge2O/c1-7-11-13-15-18(6,16-14-12-8-2)19-17(5,9-3)10-4/h7-16H2,1-6H3. The first-order valence-electron chi connectivity index (χ1n) is 8.65. The first-order chi connectivity index (χ1) is 8.95. The molecule has 0 aromatic rings. The van der Waals surface area contributed by atoms with E-state index in [9.17, 15) is 0 Å². The molecule has 3 heteroatoms. The normalized spacial score (nSPS) is 12.9. The molecule has 0 fully saturated rings. The molecular formula is C16H38Ge2O. The topological polar surface area (TPSA) is 9.23 Å². The van der Waals surface area contributed by atoms with Gasteiger partial charge >= 0.3 is 129 Å². The number of hydrogen-bond acceptors (Lipinski definition) is 1. The second-order valence-electron chi connectivity index (χ2n) is 6.62. The predicted molar refractivity (Wildman–Crippen MR) is 93.9 cm³/mol. The molecule has 0 aliphatic heterocycles. The Morgan fingerprint density at radius 1 is 0.632 bits per heavy atom. The van der Waals surface area contributed by atoms with Crippen LogP contribution in [0.3, 0.4) is 0 Å². The molecule has 0 N–H and O–H groups in total. The SMILES string of the molecule is CCCC[CH2][Ge]([CH3])([CH2]CCCC)[O][Ge]([CH3])([CH2]C)[CH2]C. The van der Waals surface area contributed by atoms with Crippen LogP contribution in [0, 0.1) is 0 Å². The van der Waals surface area contributed by atoms with E-state index in [0.29, 0.717) is 0 Å². The summed E-state index contributed by atoms with van der Waals surface area (Å²) in [7, 11) is 0. The molecule has 0 unspecified atom stereocenters. The fourth-order valence-electron chi connectivity index (χ4n) is 2.71. The van der Waals surface area contributed by atoms with Gasteiger partial charge in [-0.3, -0.25) is 0 Å². The minimum absolute atomic E-state index is 1.34. The van der Waals surface area contributed by atoms with Crippen LogP contribution in [0.4, 0.5) is 0 Å². The number of rotatable bonds is 12. The third-order valence-electron chi connectivity index (χ3n) is 4.61. The van der Waals surface area contributed by atoms with Gasteiger partial charge in [0.25, 0.3) is 0 Å². The number of hydrogen-bond donors (Lipinski definition) is 0. The fraction of sp³-hybridized carbons (Fsp3) is 1.00. The van der Waals surface area contributed by atoms with Gasteiger partial charge in [-0.2, -0.15) is 0 Å².